The van der Waals surface area contributed by atoms with Crippen molar-refractivity contribution < 1.29 is 4.79 Å². The molecule has 3 heteroatoms. The highest BCUT2D eigenvalue weighted by Gasteiger charge is 2.16. The van der Waals surface area contributed by atoms with Gasteiger partial charge in [-0.2, -0.15) is 0 Å². The zero-order valence-electron chi connectivity index (χ0n) is 9.21. The van der Waals surface area contributed by atoms with Gasteiger partial charge in [-0.3, -0.25) is 4.79 Å². The summed E-state index contributed by atoms with van der Waals surface area (Å²) >= 11 is 0. The van der Waals surface area contributed by atoms with E-state index in [1.807, 2.05) is 14.0 Å². The molecule has 0 aliphatic carbocycles. The summed E-state index contributed by atoms with van der Waals surface area (Å²) in [5, 5.41) is 0. The Balaban J connectivity index is 3.94. The van der Waals surface area contributed by atoms with Crippen LogP contribution in [0.5, 0.6) is 0 Å². The van der Waals surface area contributed by atoms with Gasteiger partial charge in [-0.25, -0.2) is 0 Å². The number of nitrogens with two attached hydrogens (primary N) is 1. The van der Waals surface area contributed by atoms with Gasteiger partial charge in [-0.05, 0) is 18.9 Å². The van der Waals surface area contributed by atoms with Gasteiger partial charge in [0, 0.05) is 19.5 Å². The lowest BCUT2D eigenvalue weighted by Gasteiger charge is -2.22. The maximum atomic E-state index is 11.6. The molecule has 0 rings (SSSR count). The third-order valence-corrected chi connectivity index (χ3v) is 2.04. The van der Waals surface area contributed by atoms with Crippen molar-refractivity contribution in [3.63, 3.8) is 0 Å². The highest BCUT2D eigenvalue weighted by atomic mass is 16.2. The number of amides is 1. The molecule has 0 aromatic heterocycles. The molecule has 0 heterocycles. The van der Waals surface area contributed by atoms with Crippen molar-refractivity contribution in [2.75, 3.05) is 20.1 Å². The predicted octanol–water partition coefficient (Wildman–Crippen LogP) is 1.09. The highest BCUT2D eigenvalue weighted by Crippen LogP contribution is 2.06. The zero-order valence-corrected chi connectivity index (χ0v) is 9.21. The molecule has 1 unspecified atom stereocenters. The van der Waals surface area contributed by atoms with Crippen molar-refractivity contribution in [1.82, 2.24) is 4.90 Å². The molecule has 78 valence electrons. The van der Waals surface area contributed by atoms with Gasteiger partial charge in [-0.15, -0.1) is 0 Å². The Morgan fingerprint density at radius 2 is 1.92 bits per heavy atom. The topological polar surface area (TPSA) is 46.3 Å². The minimum atomic E-state index is 0.0637. The molecule has 0 fully saturated rings. The van der Waals surface area contributed by atoms with Crippen molar-refractivity contribution in [2.45, 2.75) is 27.2 Å². The lowest BCUT2D eigenvalue weighted by molar-refractivity contribution is -0.134. The predicted molar refractivity (Wildman–Crippen MR) is 55.3 cm³/mol. The van der Waals surface area contributed by atoms with E-state index in [2.05, 4.69) is 13.8 Å². The van der Waals surface area contributed by atoms with Crippen LogP contribution in [0.4, 0.5) is 0 Å². The molecule has 0 saturated heterocycles. The molecule has 0 aromatic rings. The van der Waals surface area contributed by atoms with Crippen LogP contribution < -0.4 is 5.73 Å². The Bertz CT molecular complexity index is 157. The van der Waals surface area contributed by atoms with Gasteiger partial charge in [-0.1, -0.05) is 20.8 Å². The van der Waals surface area contributed by atoms with Crippen molar-refractivity contribution >= 4 is 5.91 Å². The fourth-order valence-electron chi connectivity index (χ4n) is 1.39. The molecule has 1 amide bonds. The first-order valence-corrected chi connectivity index (χ1v) is 4.94. The molecule has 13 heavy (non-hydrogen) atoms. The minimum absolute atomic E-state index is 0.0637. The number of nitrogens with zero attached hydrogens (tertiary/aromatic N) is 1. The standard InChI is InChI=1S/C10H22N2O/c1-8(2)7-12(4)10(13)9(3)5-6-11/h8-9H,5-7,11H2,1-4H3. The fraction of sp³-hybridized carbons (Fsp3) is 0.900. The lowest BCUT2D eigenvalue weighted by Crippen LogP contribution is -2.35. The van der Waals surface area contributed by atoms with Crippen LogP contribution in [0, 0.1) is 11.8 Å². The summed E-state index contributed by atoms with van der Waals surface area (Å²) in [5.41, 5.74) is 5.40. The second-order valence-corrected chi connectivity index (χ2v) is 4.09. The number of rotatable bonds is 5. The van der Waals surface area contributed by atoms with E-state index >= 15 is 0 Å². The van der Waals surface area contributed by atoms with Gasteiger partial charge < -0.3 is 10.6 Å². The fourth-order valence-corrected chi connectivity index (χ4v) is 1.39. The maximum absolute atomic E-state index is 11.6. The molecule has 0 bridgehead atoms. The van der Waals surface area contributed by atoms with Crippen molar-refractivity contribution in [3.8, 4) is 0 Å². The van der Waals surface area contributed by atoms with E-state index in [1.165, 1.54) is 0 Å². The molecule has 0 aliphatic rings. The quantitative estimate of drug-likeness (QED) is 0.698. The van der Waals surface area contributed by atoms with E-state index in [0.29, 0.717) is 12.5 Å². The average Bonchev–Trinajstić information content (AvgIpc) is 2.02. The van der Waals surface area contributed by atoms with Crippen LogP contribution in [0.1, 0.15) is 27.2 Å². The van der Waals surface area contributed by atoms with Gasteiger partial charge in [0.1, 0.15) is 0 Å². The largest absolute Gasteiger partial charge is 0.345 e. The summed E-state index contributed by atoms with van der Waals surface area (Å²) in [6.07, 6.45) is 0.779. The minimum Gasteiger partial charge on any atom is -0.345 e. The Morgan fingerprint density at radius 3 is 2.31 bits per heavy atom. The molecule has 0 aromatic carbocycles. The molecule has 0 radical (unpaired) electrons. The third-order valence-electron chi connectivity index (χ3n) is 2.04. The van der Waals surface area contributed by atoms with E-state index in [4.69, 9.17) is 5.73 Å². The molecule has 3 nitrogen and oxygen atoms in total. The van der Waals surface area contributed by atoms with E-state index < -0.39 is 0 Å². The second kappa shape index (κ2) is 5.97. The summed E-state index contributed by atoms with van der Waals surface area (Å²) < 4.78 is 0. The maximum Gasteiger partial charge on any atom is 0.225 e. The Hall–Kier alpha value is -0.570. The van der Waals surface area contributed by atoms with Crippen LogP contribution in [0.15, 0.2) is 0 Å². The van der Waals surface area contributed by atoms with E-state index in [9.17, 15) is 4.79 Å². The zero-order chi connectivity index (χ0) is 10.4. The van der Waals surface area contributed by atoms with Crippen molar-refractivity contribution in [1.29, 1.82) is 0 Å². The molecule has 1 atom stereocenters. The number of hydrogen-bond donors (Lipinski definition) is 1. The first kappa shape index (κ1) is 12.4. The van der Waals surface area contributed by atoms with Gasteiger partial charge in [0.05, 0.1) is 0 Å². The molecule has 0 spiro atoms. The summed E-state index contributed by atoms with van der Waals surface area (Å²) in [7, 11) is 1.86. The molecule has 2 N–H and O–H groups in total. The van der Waals surface area contributed by atoms with Gasteiger partial charge in [0.2, 0.25) is 5.91 Å². The summed E-state index contributed by atoms with van der Waals surface area (Å²) in [4.78, 5) is 13.4. The second-order valence-electron chi connectivity index (χ2n) is 4.09. The number of carbonyl (C=O) groups is 1. The monoisotopic (exact) mass is 186 g/mol. The molecule has 0 aliphatic heterocycles. The van der Waals surface area contributed by atoms with E-state index in [-0.39, 0.29) is 11.8 Å². The van der Waals surface area contributed by atoms with Crippen LogP contribution in [-0.2, 0) is 4.79 Å². The normalized spacial score (nSPS) is 13.1. The van der Waals surface area contributed by atoms with Gasteiger partial charge >= 0.3 is 0 Å². The molecular formula is C10H22N2O. The smallest absolute Gasteiger partial charge is 0.225 e. The van der Waals surface area contributed by atoms with Crippen LogP contribution in [0.25, 0.3) is 0 Å². The Morgan fingerprint density at radius 1 is 1.38 bits per heavy atom. The first-order valence-electron chi connectivity index (χ1n) is 4.94. The van der Waals surface area contributed by atoms with Crippen LogP contribution in [0.2, 0.25) is 0 Å². The first-order chi connectivity index (χ1) is 5.99. The summed E-state index contributed by atoms with van der Waals surface area (Å²) in [5.74, 6) is 0.798. The van der Waals surface area contributed by atoms with Crippen molar-refractivity contribution in [3.05, 3.63) is 0 Å². The third kappa shape index (κ3) is 4.88. The molecular weight excluding hydrogens is 164 g/mol. The van der Waals surface area contributed by atoms with E-state index in [1.54, 1.807) is 4.90 Å². The van der Waals surface area contributed by atoms with Crippen LogP contribution in [-0.4, -0.2) is 30.9 Å². The van der Waals surface area contributed by atoms with Crippen molar-refractivity contribution in [2.24, 2.45) is 17.6 Å². The highest BCUT2D eigenvalue weighted by molar-refractivity contribution is 5.78. The van der Waals surface area contributed by atoms with Gasteiger partial charge in [0.15, 0.2) is 0 Å². The lowest BCUT2D eigenvalue weighted by atomic mass is 10.1. The van der Waals surface area contributed by atoms with Crippen LogP contribution >= 0.6 is 0 Å². The molecule has 0 saturated carbocycles. The number of hydrogen-bond acceptors (Lipinski definition) is 2. The average molecular weight is 186 g/mol. The number of carbonyl (C=O) groups excluding carboxylic acids is 1. The summed E-state index contributed by atoms with van der Waals surface area (Å²) in [6.45, 7) is 7.57. The summed E-state index contributed by atoms with van der Waals surface area (Å²) in [6, 6.07) is 0. The van der Waals surface area contributed by atoms with E-state index in [0.717, 1.165) is 13.0 Å². The Labute approximate surface area is 81.3 Å². The van der Waals surface area contributed by atoms with Crippen LogP contribution in [0.3, 0.4) is 0 Å². The Kier molecular flexibility index (Phi) is 5.71. The van der Waals surface area contributed by atoms with Gasteiger partial charge in [0.25, 0.3) is 0 Å². The SMILES string of the molecule is CC(C)CN(C)C(=O)C(C)CCN.